The van der Waals surface area contributed by atoms with Crippen LogP contribution in [0.1, 0.15) is 13.3 Å². The van der Waals surface area contributed by atoms with Gasteiger partial charge in [-0.25, -0.2) is 5.06 Å². The van der Waals surface area contributed by atoms with E-state index in [0.29, 0.717) is 6.61 Å². The first-order valence-corrected chi connectivity index (χ1v) is 8.42. The van der Waals surface area contributed by atoms with Crippen molar-refractivity contribution in [3.63, 3.8) is 0 Å². The molecule has 0 atom stereocenters. The van der Waals surface area contributed by atoms with E-state index < -0.39 is 0 Å². The molecule has 2 aromatic carbocycles. The molecular formula is C19H25N3O. The molecule has 0 bridgehead atoms. The lowest BCUT2D eigenvalue weighted by molar-refractivity contribution is 0.136. The van der Waals surface area contributed by atoms with Crippen LogP contribution >= 0.6 is 0 Å². The fraction of sp³-hybridized carbons (Fsp3) is 0.368. The maximum absolute atomic E-state index is 5.96. The molecule has 2 aromatic rings. The molecule has 0 spiro atoms. The van der Waals surface area contributed by atoms with Crippen molar-refractivity contribution in [2.45, 2.75) is 13.3 Å². The van der Waals surface area contributed by atoms with Crippen LogP contribution < -0.4 is 15.3 Å². The third-order valence-corrected chi connectivity index (χ3v) is 3.98. The fourth-order valence-corrected chi connectivity index (χ4v) is 2.77. The molecular weight excluding hydrogens is 286 g/mol. The highest BCUT2D eigenvalue weighted by Gasteiger charge is 2.13. The average molecular weight is 311 g/mol. The van der Waals surface area contributed by atoms with Crippen LogP contribution in [0.15, 0.2) is 54.6 Å². The molecule has 4 nitrogen and oxygen atoms in total. The van der Waals surface area contributed by atoms with Crippen molar-refractivity contribution in [3.05, 3.63) is 54.6 Å². The van der Waals surface area contributed by atoms with E-state index >= 15 is 0 Å². The van der Waals surface area contributed by atoms with Gasteiger partial charge in [-0.2, -0.15) is 0 Å². The fourth-order valence-electron chi connectivity index (χ4n) is 2.77. The van der Waals surface area contributed by atoms with E-state index in [2.05, 4.69) is 53.5 Å². The van der Waals surface area contributed by atoms with Crippen molar-refractivity contribution in [3.8, 4) is 0 Å². The van der Waals surface area contributed by atoms with Gasteiger partial charge in [0.15, 0.2) is 0 Å². The second kappa shape index (κ2) is 7.99. The van der Waals surface area contributed by atoms with Crippen molar-refractivity contribution in [1.82, 2.24) is 5.32 Å². The monoisotopic (exact) mass is 311 g/mol. The summed E-state index contributed by atoms with van der Waals surface area (Å²) in [4.78, 5) is 8.38. The Labute approximate surface area is 138 Å². The van der Waals surface area contributed by atoms with Gasteiger partial charge < -0.3 is 10.2 Å². The van der Waals surface area contributed by atoms with Gasteiger partial charge in [0.2, 0.25) is 0 Å². The van der Waals surface area contributed by atoms with Crippen molar-refractivity contribution >= 4 is 17.1 Å². The van der Waals surface area contributed by atoms with Crippen molar-refractivity contribution in [1.29, 1.82) is 0 Å². The van der Waals surface area contributed by atoms with Gasteiger partial charge in [-0.15, -0.1) is 0 Å². The summed E-state index contributed by atoms with van der Waals surface area (Å²) in [5, 5.41) is 5.31. The molecule has 0 unspecified atom stereocenters. The lowest BCUT2D eigenvalue weighted by Gasteiger charge is -2.30. The minimum absolute atomic E-state index is 0.703. The van der Waals surface area contributed by atoms with Crippen molar-refractivity contribution < 1.29 is 4.84 Å². The highest BCUT2D eigenvalue weighted by atomic mass is 16.7. The predicted molar refractivity (Wildman–Crippen MR) is 96.3 cm³/mol. The standard InChI is InChI=1S/C19H25N3O/c1-2-16-23-22(18-6-4-3-5-7-18)19-10-8-17(9-11-19)21-14-12-20-13-15-21/h3-11,20H,2,12-16H2,1H3. The molecule has 122 valence electrons. The smallest absolute Gasteiger partial charge is 0.0750 e. The minimum atomic E-state index is 0.703. The van der Waals surface area contributed by atoms with Crippen LogP contribution in [-0.2, 0) is 4.84 Å². The third-order valence-electron chi connectivity index (χ3n) is 3.98. The van der Waals surface area contributed by atoms with E-state index in [1.807, 2.05) is 23.3 Å². The number of piperazine rings is 1. The summed E-state index contributed by atoms with van der Waals surface area (Å²) in [6.07, 6.45) is 0.988. The number of anilines is 3. The molecule has 0 saturated carbocycles. The second-order valence-electron chi connectivity index (χ2n) is 5.72. The summed E-state index contributed by atoms with van der Waals surface area (Å²) in [6.45, 7) is 7.06. The minimum Gasteiger partial charge on any atom is -0.369 e. The normalized spacial score (nSPS) is 14.7. The SMILES string of the molecule is CCCON(c1ccccc1)c1ccc(N2CCNCC2)cc1. The number of benzene rings is 2. The van der Waals surface area contributed by atoms with E-state index in [-0.39, 0.29) is 0 Å². The zero-order valence-electron chi connectivity index (χ0n) is 13.7. The highest BCUT2D eigenvalue weighted by molar-refractivity contribution is 5.63. The molecule has 1 saturated heterocycles. The Bertz CT molecular complexity index is 579. The van der Waals surface area contributed by atoms with Gasteiger partial charge in [0.1, 0.15) is 0 Å². The zero-order chi connectivity index (χ0) is 15.9. The molecule has 0 amide bonds. The molecule has 23 heavy (non-hydrogen) atoms. The van der Waals surface area contributed by atoms with Crippen LogP contribution in [0, 0.1) is 0 Å². The van der Waals surface area contributed by atoms with Crippen LogP contribution in [0.2, 0.25) is 0 Å². The molecule has 0 aromatic heterocycles. The van der Waals surface area contributed by atoms with Gasteiger partial charge in [-0.1, -0.05) is 25.1 Å². The largest absolute Gasteiger partial charge is 0.369 e. The van der Waals surface area contributed by atoms with Crippen molar-refractivity contribution in [2.75, 3.05) is 42.7 Å². The second-order valence-corrected chi connectivity index (χ2v) is 5.72. The quantitative estimate of drug-likeness (QED) is 0.825. The number of hydrogen-bond donors (Lipinski definition) is 1. The van der Waals surface area contributed by atoms with E-state index in [1.165, 1.54) is 5.69 Å². The molecule has 1 heterocycles. The molecule has 1 N–H and O–H groups in total. The molecule has 1 aliphatic heterocycles. The molecule has 3 rings (SSSR count). The number of nitrogens with zero attached hydrogens (tertiary/aromatic N) is 2. The van der Waals surface area contributed by atoms with Gasteiger partial charge in [0.05, 0.1) is 18.0 Å². The van der Waals surface area contributed by atoms with E-state index in [0.717, 1.165) is 44.0 Å². The van der Waals surface area contributed by atoms with E-state index in [9.17, 15) is 0 Å². The zero-order valence-corrected chi connectivity index (χ0v) is 13.7. The van der Waals surface area contributed by atoms with Crippen molar-refractivity contribution in [2.24, 2.45) is 0 Å². The Morgan fingerprint density at radius 3 is 2.26 bits per heavy atom. The van der Waals surface area contributed by atoms with Gasteiger partial charge in [-0.3, -0.25) is 4.84 Å². The Morgan fingerprint density at radius 2 is 1.61 bits per heavy atom. The lowest BCUT2D eigenvalue weighted by atomic mass is 10.2. The van der Waals surface area contributed by atoms with Gasteiger partial charge in [0.25, 0.3) is 0 Å². The Balaban J connectivity index is 1.79. The number of para-hydroxylation sites is 1. The molecule has 0 radical (unpaired) electrons. The van der Waals surface area contributed by atoms with E-state index in [1.54, 1.807) is 0 Å². The highest BCUT2D eigenvalue weighted by Crippen LogP contribution is 2.28. The molecule has 0 aliphatic carbocycles. The topological polar surface area (TPSA) is 27.7 Å². The summed E-state index contributed by atoms with van der Waals surface area (Å²) < 4.78 is 0. The molecule has 1 fully saturated rings. The maximum Gasteiger partial charge on any atom is 0.0750 e. The summed E-state index contributed by atoms with van der Waals surface area (Å²) in [7, 11) is 0. The van der Waals surface area contributed by atoms with Crippen LogP contribution in [0.4, 0.5) is 17.1 Å². The summed E-state index contributed by atoms with van der Waals surface area (Å²) in [6, 6.07) is 18.9. The maximum atomic E-state index is 5.96. The van der Waals surface area contributed by atoms with E-state index in [4.69, 9.17) is 4.84 Å². The number of hydrogen-bond acceptors (Lipinski definition) is 4. The van der Waals surface area contributed by atoms with Crippen LogP contribution in [0.25, 0.3) is 0 Å². The number of nitrogens with one attached hydrogen (secondary N) is 1. The van der Waals surface area contributed by atoms with Crippen LogP contribution in [0.3, 0.4) is 0 Å². The number of rotatable bonds is 6. The first kappa shape index (κ1) is 15.8. The van der Waals surface area contributed by atoms with Crippen LogP contribution in [0.5, 0.6) is 0 Å². The Hall–Kier alpha value is -2.04. The molecule has 4 heteroatoms. The van der Waals surface area contributed by atoms with Gasteiger partial charge in [-0.05, 0) is 42.8 Å². The Morgan fingerprint density at radius 1 is 0.957 bits per heavy atom. The lowest BCUT2D eigenvalue weighted by Crippen LogP contribution is -2.43. The summed E-state index contributed by atoms with van der Waals surface area (Å²) in [5.41, 5.74) is 3.39. The molecule has 1 aliphatic rings. The predicted octanol–water partition coefficient (Wildman–Crippen LogP) is 3.58. The van der Waals surface area contributed by atoms with Gasteiger partial charge >= 0.3 is 0 Å². The first-order valence-electron chi connectivity index (χ1n) is 8.42. The Kier molecular flexibility index (Phi) is 5.51. The van der Waals surface area contributed by atoms with Gasteiger partial charge in [0, 0.05) is 31.9 Å². The van der Waals surface area contributed by atoms with Crippen LogP contribution in [-0.4, -0.2) is 32.8 Å². The summed E-state index contributed by atoms with van der Waals surface area (Å²) in [5.74, 6) is 0. The third kappa shape index (κ3) is 4.03. The summed E-state index contributed by atoms with van der Waals surface area (Å²) >= 11 is 0. The first-order chi connectivity index (χ1) is 11.4. The average Bonchev–Trinajstić information content (AvgIpc) is 2.64.